The molecule has 1 N–H and O–H groups in total. The number of hydrogen-bond donors (Lipinski definition) is 1. The van der Waals surface area contributed by atoms with Gasteiger partial charge in [0.1, 0.15) is 5.82 Å². The maximum absolute atomic E-state index is 13.5. The average molecular weight is 305 g/mol. The minimum absolute atomic E-state index is 0.0743. The number of nitrogens with one attached hydrogen (secondary N) is 1. The standard InChI is InChI=1S/C13H15Cl2FN2O/c1-17-7-8-3-2-4-18(8)13(19)9-5-12(16)11(15)6-10(9)14/h5-6,8,17H,2-4,7H2,1H3. The van der Waals surface area contributed by atoms with Crippen molar-refractivity contribution in [3.63, 3.8) is 0 Å². The molecule has 0 spiro atoms. The topological polar surface area (TPSA) is 32.3 Å². The van der Waals surface area contributed by atoms with E-state index in [2.05, 4.69) is 5.32 Å². The zero-order valence-electron chi connectivity index (χ0n) is 10.5. The van der Waals surface area contributed by atoms with Crippen LogP contribution in [0.3, 0.4) is 0 Å². The van der Waals surface area contributed by atoms with Crippen LogP contribution in [0, 0.1) is 5.82 Å². The van der Waals surface area contributed by atoms with Crippen LogP contribution in [0.25, 0.3) is 0 Å². The van der Waals surface area contributed by atoms with Gasteiger partial charge in [0, 0.05) is 19.1 Å². The van der Waals surface area contributed by atoms with Gasteiger partial charge < -0.3 is 10.2 Å². The molecule has 1 aromatic rings. The van der Waals surface area contributed by atoms with Gasteiger partial charge >= 0.3 is 0 Å². The summed E-state index contributed by atoms with van der Waals surface area (Å²) >= 11 is 11.6. The lowest BCUT2D eigenvalue weighted by Crippen LogP contribution is -2.41. The smallest absolute Gasteiger partial charge is 0.255 e. The Bertz CT molecular complexity index is 496. The molecule has 1 unspecified atom stereocenters. The summed E-state index contributed by atoms with van der Waals surface area (Å²) < 4.78 is 13.5. The van der Waals surface area contributed by atoms with Gasteiger partial charge in [-0.2, -0.15) is 0 Å². The van der Waals surface area contributed by atoms with E-state index >= 15 is 0 Å². The first-order valence-electron chi connectivity index (χ1n) is 6.14. The van der Waals surface area contributed by atoms with E-state index in [4.69, 9.17) is 23.2 Å². The van der Waals surface area contributed by atoms with Crippen LogP contribution in [0.4, 0.5) is 4.39 Å². The largest absolute Gasteiger partial charge is 0.334 e. The van der Waals surface area contributed by atoms with Gasteiger partial charge in [-0.1, -0.05) is 23.2 Å². The molecule has 1 atom stereocenters. The molecule has 1 aromatic carbocycles. The Morgan fingerprint density at radius 1 is 1.47 bits per heavy atom. The zero-order valence-corrected chi connectivity index (χ0v) is 12.1. The van der Waals surface area contributed by atoms with Crippen LogP contribution >= 0.6 is 23.2 Å². The molecule has 1 saturated heterocycles. The van der Waals surface area contributed by atoms with Gasteiger partial charge in [-0.05, 0) is 32.0 Å². The first-order valence-corrected chi connectivity index (χ1v) is 6.90. The summed E-state index contributed by atoms with van der Waals surface area (Å²) in [5.41, 5.74) is 0.173. The molecule has 0 radical (unpaired) electrons. The van der Waals surface area contributed by atoms with E-state index in [9.17, 15) is 9.18 Å². The fourth-order valence-electron chi connectivity index (χ4n) is 2.39. The first kappa shape index (κ1) is 14.6. The Morgan fingerprint density at radius 2 is 2.21 bits per heavy atom. The van der Waals surface area contributed by atoms with Gasteiger partial charge in [-0.15, -0.1) is 0 Å². The molecule has 0 aromatic heterocycles. The molecular weight excluding hydrogens is 290 g/mol. The number of hydrogen-bond acceptors (Lipinski definition) is 2. The Balaban J connectivity index is 2.26. The number of likely N-dealkylation sites (tertiary alicyclic amines) is 1. The molecule has 0 bridgehead atoms. The summed E-state index contributed by atoms with van der Waals surface area (Å²) in [5, 5.41) is 3.17. The highest BCUT2D eigenvalue weighted by atomic mass is 35.5. The molecule has 104 valence electrons. The molecule has 1 aliphatic rings. The number of benzene rings is 1. The van der Waals surface area contributed by atoms with Gasteiger partial charge in [0.15, 0.2) is 0 Å². The van der Waals surface area contributed by atoms with E-state index in [1.807, 2.05) is 7.05 Å². The monoisotopic (exact) mass is 304 g/mol. The number of amides is 1. The fourth-order valence-corrected chi connectivity index (χ4v) is 2.86. The molecular formula is C13H15Cl2FN2O. The number of carbonyl (C=O) groups is 1. The predicted molar refractivity (Wildman–Crippen MR) is 74.4 cm³/mol. The second kappa shape index (κ2) is 6.07. The highest BCUT2D eigenvalue weighted by Gasteiger charge is 2.30. The number of nitrogens with zero attached hydrogens (tertiary/aromatic N) is 1. The Kier molecular flexibility index (Phi) is 4.66. The second-order valence-corrected chi connectivity index (χ2v) is 5.41. The van der Waals surface area contributed by atoms with E-state index in [1.165, 1.54) is 6.07 Å². The normalized spacial score (nSPS) is 18.9. The molecule has 1 aliphatic heterocycles. The van der Waals surface area contributed by atoms with E-state index in [-0.39, 0.29) is 27.6 Å². The maximum atomic E-state index is 13.5. The molecule has 2 rings (SSSR count). The lowest BCUT2D eigenvalue weighted by atomic mass is 10.1. The van der Waals surface area contributed by atoms with Crippen molar-refractivity contribution >= 4 is 29.1 Å². The molecule has 19 heavy (non-hydrogen) atoms. The molecule has 1 heterocycles. The van der Waals surface area contributed by atoms with Gasteiger partial charge in [-0.3, -0.25) is 4.79 Å². The minimum atomic E-state index is -0.626. The van der Waals surface area contributed by atoms with Gasteiger partial charge in [0.2, 0.25) is 0 Å². The fraction of sp³-hybridized carbons (Fsp3) is 0.462. The summed E-state index contributed by atoms with van der Waals surface area (Å²) in [6.45, 7) is 1.39. The van der Waals surface area contributed by atoms with E-state index in [1.54, 1.807) is 4.90 Å². The van der Waals surface area contributed by atoms with Crippen LogP contribution < -0.4 is 5.32 Å². The van der Waals surface area contributed by atoms with Crippen molar-refractivity contribution in [3.8, 4) is 0 Å². The Morgan fingerprint density at radius 3 is 2.89 bits per heavy atom. The Labute approximate surface area is 121 Å². The molecule has 6 heteroatoms. The quantitative estimate of drug-likeness (QED) is 0.871. The van der Waals surface area contributed by atoms with Crippen molar-refractivity contribution in [2.24, 2.45) is 0 Å². The molecule has 1 fully saturated rings. The Hall–Kier alpha value is -0.840. The number of rotatable bonds is 3. The lowest BCUT2D eigenvalue weighted by molar-refractivity contribution is 0.0736. The van der Waals surface area contributed by atoms with Gasteiger partial charge in [-0.25, -0.2) is 4.39 Å². The summed E-state index contributed by atoms with van der Waals surface area (Å²) in [6, 6.07) is 2.52. The molecule has 0 aliphatic carbocycles. The van der Waals surface area contributed by atoms with Crippen LogP contribution in [-0.2, 0) is 0 Å². The zero-order chi connectivity index (χ0) is 14.0. The molecule has 0 saturated carbocycles. The van der Waals surface area contributed by atoms with Crippen LogP contribution in [0.2, 0.25) is 10.0 Å². The van der Waals surface area contributed by atoms with Crippen molar-refractivity contribution in [1.29, 1.82) is 0 Å². The second-order valence-electron chi connectivity index (χ2n) is 4.60. The highest BCUT2D eigenvalue weighted by molar-refractivity contribution is 6.36. The lowest BCUT2D eigenvalue weighted by Gasteiger charge is -2.25. The SMILES string of the molecule is CNCC1CCCN1C(=O)c1cc(F)c(Cl)cc1Cl. The summed E-state index contributed by atoms with van der Waals surface area (Å²) in [5.74, 6) is -0.864. The van der Waals surface area contributed by atoms with Crippen molar-refractivity contribution in [3.05, 3.63) is 33.6 Å². The predicted octanol–water partition coefficient (Wildman–Crippen LogP) is 2.96. The van der Waals surface area contributed by atoms with Gasteiger partial charge in [0.05, 0.1) is 15.6 Å². The molecule has 3 nitrogen and oxygen atoms in total. The van der Waals surface area contributed by atoms with Crippen LogP contribution in [-0.4, -0.2) is 37.0 Å². The molecule has 1 amide bonds. The van der Waals surface area contributed by atoms with E-state index < -0.39 is 5.82 Å². The van der Waals surface area contributed by atoms with Crippen molar-refractivity contribution in [2.75, 3.05) is 20.1 Å². The van der Waals surface area contributed by atoms with Gasteiger partial charge in [0.25, 0.3) is 5.91 Å². The van der Waals surface area contributed by atoms with E-state index in [0.29, 0.717) is 6.54 Å². The van der Waals surface area contributed by atoms with Crippen LogP contribution in [0.15, 0.2) is 12.1 Å². The number of halogens is 3. The highest BCUT2D eigenvalue weighted by Crippen LogP contribution is 2.27. The average Bonchev–Trinajstić information content (AvgIpc) is 2.82. The maximum Gasteiger partial charge on any atom is 0.255 e. The van der Waals surface area contributed by atoms with Crippen molar-refractivity contribution in [2.45, 2.75) is 18.9 Å². The summed E-state index contributed by atoms with van der Waals surface area (Å²) in [6.07, 6.45) is 1.89. The van der Waals surface area contributed by atoms with Crippen molar-refractivity contribution in [1.82, 2.24) is 10.2 Å². The third-order valence-corrected chi connectivity index (χ3v) is 3.92. The first-order chi connectivity index (χ1) is 9.04. The summed E-state index contributed by atoms with van der Waals surface area (Å²) in [4.78, 5) is 14.2. The third-order valence-electron chi connectivity index (χ3n) is 3.32. The van der Waals surface area contributed by atoms with Crippen LogP contribution in [0.5, 0.6) is 0 Å². The number of carbonyl (C=O) groups excluding carboxylic acids is 1. The van der Waals surface area contributed by atoms with Crippen LogP contribution in [0.1, 0.15) is 23.2 Å². The minimum Gasteiger partial charge on any atom is -0.334 e. The van der Waals surface area contributed by atoms with E-state index in [0.717, 1.165) is 25.5 Å². The third kappa shape index (κ3) is 3.02. The number of likely N-dealkylation sites (N-methyl/N-ethyl adjacent to an activating group) is 1. The van der Waals surface area contributed by atoms with Crippen molar-refractivity contribution < 1.29 is 9.18 Å². The summed E-state index contributed by atoms with van der Waals surface area (Å²) in [7, 11) is 1.84.